The lowest BCUT2D eigenvalue weighted by Gasteiger charge is -1.97. The molecule has 0 aliphatic carbocycles. The normalized spacial score (nSPS) is 10.4. The van der Waals surface area contributed by atoms with Crippen molar-refractivity contribution in [3.05, 3.63) is 0 Å². The average Bonchev–Trinajstić information content (AvgIpc) is 2.31. The Morgan fingerprint density at radius 3 is 1.47 bits per heavy atom. The molecule has 0 radical (unpaired) electrons. The van der Waals surface area contributed by atoms with Crippen molar-refractivity contribution in [3.8, 4) is 0 Å². The molecule has 1 atom stereocenters. The summed E-state index contributed by atoms with van der Waals surface area (Å²) in [7, 11) is 0. The summed E-state index contributed by atoms with van der Waals surface area (Å²) in [5.74, 6) is -0.678. The molecule has 0 saturated heterocycles. The number of hydrogen-bond acceptors (Lipinski definition) is 7. The molecular formula is C10H24N2O5S2. The molecule has 0 aromatic heterocycles. The highest BCUT2D eigenvalue weighted by Crippen LogP contribution is 1.89. The van der Waals surface area contributed by atoms with Crippen LogP contribution < -0.4 is 11.5 Å². The minimum atomic E-state index is -1.79. The lowest BCUT2D eigenvalue weighted by molar-refractivity contribution is -0.152. The van der Waals surface area contributed by atoms with Gasteiger partial charge in [-0.05, 0) is 12.5 Å². The molecule has 0 spiro atoms. The highest BCUT2D eigenvalue weighted by atomic mass is 32.2. The average molecular weight is 316 g/mol. The lowest BCUT2D eigenvalue weighted by atomic mass is 10.3. The molecule has 0 aromatic carbocycles. The molecule has 7 N–H and O–H groups in total. The van der Waals surface area contributed by atoms with Gasteiger partial charge in [-0.3, -0.25) is 4.79 Å². The molecule has 0 fully saturated rings. The molecule has 7 nitrogen and oxygen atoms in total. The van der Waals surface area contributed by atoms with Crippen LogP contribution in [-0.2, 0) is 9.59 Å². The number of carbonyl (C=O) groups is 2. The van der Waals surface area contributed by atoms with Crippen LogP contribution in [0, 0.1) is 0 Å². The SMILES string of the molecule is CSCCN.CSCCN.O=C(O)CC(O)C(=O)O. The molecule has 9 heteroatoms. The Labute approximate surface area is 122 Å². The number of rotatable bonds is 7. The van der Waals surface area contributed by atoms with E-state index in [1.807, 2.05) is 12.5 Å². The van der Waals surface area contributed by atoms with Gasteiger partial charge >= 0.3 is 11.9 Å². The fraction of sp³-hybridized carbons (Fsp3) is 0.800. The molecule has 0 rings (SSSR count). The predicted octanol–water partition coefficient (Wildman–Crippen LogP) is -0.477. The van der Waals surface area contributed by atoms with Gasteiger partial charge in [-0.15, -0.1) is 0 Å². The van der Waals surface area contributed by atoms with E-state index in [1.54, 1.807) is 23.5 Å². The molecule has 19 heavy (non-hydrogen) atoms. The summed E-state index contributed by atoms with van der Waals surface area (Å²) in [6.07, 6.45) is 1.55. The van der Waals surface area contributed by atoms with Crippen molar-refractivity contribution in [2.24, 2.45) is 11.5 Å². The Kier molecular flexibility index (Phi) is 24.7. The predicted molar refractivity (Wildman–Crippen MR) is 80.8 cm³/mol. The Morgan fingerprint density at radius 1 is 1.05 bits per heavy atom. The first-order valence-electron chi connectivity index (χ1n) is 5.37. The van der Waals surface area contributed by atoms with Crippen molar-refractivity contribution in [3.63, 3.8) is 0 Å². The Morgan fingerprint density at radius 2 is 1.42 bits per heavy atom. The van der Waals surface area contributed by atoms with E-state index in [0.29, 0.717) is 0 Å². The first kappa shape index (κ1) is 23.6. The van der Waals surface area contributed by atoms with E-state index in [9.17, 15) is 9.59 Å². The van der Waals surface area contributed by atoms with Crippen LogP contribution >= 0.6 is 23.5 Å². The van der Waals surface area contributed by atoms with Gasteiger partial charge in [0.05, 0.1) is 6.42 Å². The van der Waals surface area contributed by atoms with Gasteiger partial charge in [0.15, 0.2) is 6.10 Å². The minimum absolute atomic E-state index is 0.755. The third kappa shape index (κ3) is 31.8. The summed E-state index contributed by atoms with van der Waals surface area (Å²) in [5, 5.41) is 24.1. The standard InChI is InChI=1S/C4H6O5.2C3H9NS/c5-2(4(8)9)1-3(6)7;2*1-5-3-2-4/h2,5H,1H2,(H,6,7)(H,8,9);2*2-4H2,1H3. The molecule has 0 amide bonds. The third-order valence-corrected chi connectivity index (χ3v) is 2.58. The van der Waals surface area contributed by atoms with Crippen LogP contribution in [0.1, 0.15) is 6.42 Å². The van der Waals surface area contributed by atoms with E-state index in [-0.39, 0.29) is 0 Å². The minimum Gasteiger partial charge on any atom is -0.481 e. The second-order valence-corrected chi connectivity index (χ2v) is 4.99. The lowest BCUT2D eigenvalue weighted by Crippen LogP contribution is -2.22. The number of aliphatic carboxylic acids is 2. The fourth-order valence-corrected chi connectivity index (χ4v) is 0.960. The van der Waals surface area contributed by atoms with Crippen LogP contribution in [0.2, 0.25) is 0 Å². The molecule has 0 aliphatic heterocycles. The van der Waals surface area contributed by atoms with E-state index < -0.39 is 24.5 Å². The zero-order valence-electron chi connectivity index (χ0n) is 11.2. The maximum Gasteiger partial charge on any atom is 0.333 e. The van der Waals surface area contributed by atoms with Gasteiger partial charge in [0.2, 0.25) is 0 Å². The summed E-state index contributed by atoms with van der Waals surface area (Å²) in [6, 6.07) is 0. The van der Waals surface area contributed by atoms with Gasteiger partial charge in [0.25, 0.3) is 0 Å². The van der Waals surface area contributed by atoms with Crippen LogP contribution in [0.5, 0.6) is 0 Å². The number of thioether (sulfide) groups is 2. The molecular weight excluding hydrogens is 292 g/mol. The largest absolute Gasteiger partial charge is 0.481 e. The maximum atomic E-state index is 9.72. The topological polar surface area (TPSA) is 147 Å². The Hall–Kier alpha value is -0.480. The first-order chi connectivity index (χ1) is 8.87. The summed E-state index contributed by atoms with van der Waals surface area (Å²) < 4.78 is 0. The number of nitrogens with two attached hydrogens (primary N) is 2. The first-order valence-corrected chi connectivity index (χ1v) is 8.16. The van der Waals surface area contributed by atoms with Crippen molar-refractivity contribution in [2.75, 3.05) is 37.1 Å². The summed E-state index contributed by atoms with van der Waals surface area (Å²) >= 11 is 3.55. The van der Waals surface area contributed by atoms with E-state index in [4.69, 9.17) is 26.8 Å². The van der Waals surface area contributed by atoms with Gasteiger partial charge in [-0.25, -0.2) is 4.79 Å². The van der Waals surface area contributed by atoms with Gasteiger partial charge < -0.3 is 26.8 Å². The van der Waals surface area contributed by atoms with Crippen LogP contribution in [-0.4, -0.2) is 70.5 Å². The molecule has 0 aromatic rings. The second-order valence-electron chi connectivity index (χ2n) is 3.01. The fourth-order valence-electron chi connectivity index (χ4n) is 0.488. The third-order valence-electron chi connectivity index (χ3n) is 1.30. The molecule has 0 aliphatic rings. The number of carboxylic acids is 2. The second kappa shape index (κ2) is 19.9. The van der Waals surface area contributed by atoms with Gasteiger partial charge in [0, 0.05) is 24.6 Å². The zero-order chi connectivity index (χ0) is 15.7. The number of hydrogen-bond donors (Lipinski definition) is 5. The highest BCUT2D eigenvalue weighted by Gasteiger charge is 2.16. The van der Waals surface area contributed by atoms with Crippen molar-refractivity contribution < 1.29 is 24.9 Å². The summed E-state index contributed by atoms with van der Waals surface area (Å²) in [4.78, 5) is 19.4. The Bertz CT molecular complexity index is 210. The van der Waals surface area contributed by atoms with Crippen LogP contribution in [0.25, 0.3) is 0 Å². The van der Waals surface area contributed by atoms with Crippen molar-refractivity contribution in [1.82, 2.24) is 0 Å². The molecule has 0 bridgehead atoms. The van der Waals surface area contributed by atoms with E-state index >= 15 is 0 Å². The highest BCUT2D eigenvalue weighted by molar-refractivity contribution is 7.98. The van der Waals surface area contributed by atoms with Crippen LogP contribution in [0.15, 0.2) is 0 Å². The number of aliphatic hydroxyl groups is 1. The van der Waals surface area contributed by atoms with Crippen LogP contribution in [0.3, 0.4) is 0 Å². The molecule has 0 heterocycles. The smallest absolute Gasteiger partial charge is 0.333 e. The van der Waals surface area contributed by atoms with E-state index in [0.717, 1.165) is 24.6 Å². The number of carboxylic acid groups (broad SMARTS) is 2. The van der Waals surface area contributed by atoms with Gasteiger partial charge in [-0.1, -0.05) is 0 Å². The van der Waals surface area contributed by atoms with Crippen molar-refractivity contribution in [2.45, 2.75) is 12.5 Å². The van der Waals surface area contributed by atoms with Crippen LogP contribution in [0.4, 0.5) is 0 Å². The molecule has 1 unspecified atom stereocenters. The maximum absolute atomic E-state index is 9.72. The Balaban J connectivity index is -0.000000219. The molecule has 116 valence electrons. The number of aliphatic hydroxyl groups excluding tert-OH is 1. The monoisotopic (exact) mass is 316 g/mol. The van der Waals surface area contributed by atoms with E-state index in [2.05, 4.69) is 0 Å². The summed E-state index contributed by atoms with van der Waals surface area (Å²) in [5.41, 5.74) is 10.2. The zero-order valence-corrected chi connectivity index (χ0v) is 12.9. The summed E-state index contributed by atoms with van der Waals surface area (Å²) in [6.45, 7) is 1.61. The van der Waals surface area contributed by atoms with Gasteiger partial charge in [-0.2, -0.15) is 23.5 Å². The quantitative estimate of drug-likeness (QED) is 0.420. The van der Waals surface area contributed by atoms with Crippen molar-refractivity contribution in [1.29, 1.82) is 0 Å². The van der Waals surface area contributed by atoms with E-state index in [1.165, 1.54) is 0 Å². The molecule has 0 saturated carbocycles. The van der Waals surface area contributed by atoms with Crippen molar-refractivity contribution >= 4 is 35.5 Å². The van der Waals surface area contributed by atoms with Gasteiger partial charge in [0.1, 0.15) is 0 Å².